The van der Waals surface area contributed by atoms with Gasteiger partial charge >= 0.3 is 0 Å². The summed E-state index contributed by atoms with van der Waals surface area (Å²) >= 11 is 5.46. The molecule has 0 bridgehead atoms. The molecule has 0 fully saturated rings. The number of hydrogen-bond donors (Lipinski definition) is 1. The van der Waals surface area contributed by atoms with Gasteiger partial charge in [0.1, 0.15) is 0 Å². The second-order valence-electron chi connectivity index (χ2n) is 6.86. The lowest BCUT2D eigenvalue weighted by Gasteiger charge is -2.24. The Labute approximate surface area is 173 Å². The molecule has 0 aliphatic carbocycles. The Balaban J connectivity index is 1.93. The quantitative estimate of drug-likeness (QED) is 0.312. The molecule has 5 heteroatoms. The van der Waals surface area contributed by atoms with E-state index in [4.69, 9.17) is 17.1 Å². The molecule has 0 unspecified atom stereocenters. The van der Waals surface area contributed by atoms with Crippen molar-refractivity contribution in [2.75, 3.05) is 11.7 Å². The fourth-order valence-electron chi connectivity index (χ4n) is 2.78. The van der Waals surface area contributed by atoms with E-state index in [9.17, 15) is 4.79 Å². The number of hydrogen-bond acceptors (Lipinski definition) is 3. The number of amides is 1. The molecule has 0 radical (unpaired) electrons. The van der Waals surface area contributed by atoms with Crippen molar-refractivity contribution in [2.24, 2.45) is 0 Å². The Hall–Kier alpha value is -2.24. The average Bonchev–Trinajstić information content (AvgIpc) is 2.71. The largest absolute Gasteiger partial charge is 0.297 e. The van der Waals surface area contributed by atoms with Crippen molar-refractivity contribution in [1.29, 1.82) is 0 Å². The standard InChI is InChI=1S/C23H30N2O2S/c1-3-4-5-6-7-11-18-27-25(21-12-9-8-10-13-21)23(28)24-22(26)20-16-14-19(2)15-17-20/h8-10,12-17H,3-7,11,18H2,1-2H3,(H,24,26,28). The smallest absolute Gasteiger partial charge is 0.257 e. The first-order valence-electron chi connectivity index (χ1n) is 10.0. The molecule has 0 heterocycles. The third-order valence-electron chi connectivity index (χ3n) is 4.43. The third kappa shape index (κ3) is 7.41. The van der Waals surface area contributed by atoms with Crippen LogP contribution < -0.4 is 10.4 Å². The molecule has 150 valence electrons. The maximum atomic E-state index is 12.5. The van der Waals surface area contributed by atoms with Gasteiger partial charge in [0, 0.05) is 5.56 Å². The van der Waals surface area contributed by atoms with Crippen LogP contribution in [-0.4, -0.2) is 17.6 Å². The molecule has 0 saturated heterocycles. The van der Waals surface area contributed by atoms with Gasteiger partial charge < -0.3 is 0 Å². The summed E-state index contributed by atoms with van der Waals surface area (Å²) in [6.45, 7) is 4.76. The normalized spacial score (nSPS) is 10.5. The number of carbonyl (C=O) groups is 1. The van der Waals surface area contributed by atoms with E-state index in [1.165, 1.54) is 30.7 Å². The Bertz CT molecular complexity index is 732. The fourth-order valence-corrected chi connectivity index (χ4v) is 3.03. The van der Waals surface area contributed by atoms with Crippen molar-refractivity contribution in [3.63, 3.8) is 0 Å². The highest BCUT2D eigenvalue weighted by molar-refractivity contribution is 7.80. The Morgan fingerprint density at radius 2 is 1.61 bits per heavy atom. The molecule has 1 N–H and O–H groups in total. The topological polar surface area (TPSA) is 41.6 Å². The molecule has 0 aromatic heterocycles. The number of anilines is 1. The van der Waals surface area contributed by atoms with Crippen LogP contribution in [0.2, 0.25) is 0 Å². The Morgan fingerprint density at radius 3 is 2.29 bits per heavy atom. The number of nitrogens with one attached hydrogen (secondary N) is 1. The van der Waals surface area contributed by atoms with Gasteiger partial charge in [0.05, 0.1) is 12.3 Å². The van der Waals surface area contributed by atoms with Gasteiger partial charge in [0.2, 0.25) is 5.11 Å². The highest BCUT2D eigenvalue weighted by atomic mass is 32.1. The van der Waals surface area contributed by atoms with Crippen molar-refractivity contribution in [1.82, 2.24) is 5.32 Å². The Kier molecular flexibility index (Phi) is 9.66. The first-order valence-corrected chi connectivity index (χ1v) is 10.4. The number of thiocarbonyl (C=S) groups is 1. The minimum absolute atomic E-state index is 0.239. The summed E-state index contributed by atoms with van der Waals surface area (Å²) in [5, 5.41) is 4.55. The lowest BCUT2D eigenvalue weighted by molar-refractivity contribution is 0.0965. The summed E-state index contributed by atoms with van der Waals surface area (Å²) in [7, 11) is 0. The second kappa shape index (κ2) is 12.3. The summed E-state index contributed by atoms with van der Waals surface area (Å²) in [5.74, 6) is -0.242. The van der Waals surface area contributed by atoms with Gasteiger partial charge in [-0.05, 0) is 49.8 Å². The predicted molar refractivity (Wildman–Crippen MR) is 119 cm³/mol. The van der Waals surface area contributed by atoms with Crippen LogP contribution in [0.1, 0.15) is 61.4 Å². The molecule has 0 atom stereocenters. The van der Waals surface area contributed by atoms with Crippen molar-refractivity contribution >= 4 is 28.9 Å². The zero-order valence-corrected chi connectivity index (χ0v) is 17.6. The first kappa shape index (κ1) is 22.1. The monoisotopic (exact) mass is 398 g/mol. The van der Waals surface area contributed by atoms with Crippen molar-refractivity contribution in [3.8, 4) is 0 Å². The molecule has 28 heavy (non-hydrogen) atoms. The number of benzene rings is 2. The molecule has 2 rings (SSSR count). The van der Waals surface area contributed by atoms with Gasteiger partial charge in [-0.1, -0.05) is 74.9 Å². The van der Waals surface area contributed by atoms with Crippen LogP contribution in [0.3, 0.4) is 0 Å². The number of unbranched alkanes of at least 4 members (excludes halogenated alkanes) is 5. The molecule has 2 aromatic rings. The van der Waals surface area contributed by atoms with Crippen LogP contribution in [0.4, 0.5) is 5.69 Å². The van der Waals surface area contributed by atoms with E-state index in [1.807, 2.05) is 49.4 Å². The summed E-state index contributed by atoms with van der Waals surface area (Å²) in [6.07, 6.45) is 7.10. The molecule has 0 aliphatic heterocycles. The van der Waals surface area contributed by atoms with Gasteiger partial charge in [0.25, 0.3) is 5.91 Å². The summed E-state index contributed by atoms with van der Waals surface area (Å²) in [4.78, 5) is 18.4. The van der Waals surface area contributed by atoms with E-state index in [-0.39, 0.29) is 11.0 Å². The lowest BCUT2D eigenvalue weighted by atomic mass is 10.1. The number of carbonyl (C=O) groups excluding carboxylic acids is 1. The first-order chi connectivity index (χ1) is 13.6. The average molecular weight is 399 g/mol. The van der Waals surface area contributed by atoms with E-state index < -0.39 is 0 Å². The molecular formula is C23H30N2O2S. The Morgan fingerprint density at radius 1 is 0.964 bits per heavy atom. The van der Waals surface area contributed by atoms with Gasteiger partial charge in [-0.3, -0.25) is 14.9 Å². The van der Waals surface area contributed by atoms with E-state index >= 15 is 0 Å². The lowest BCUT2D eigenvalue weighted by Crippen LogP contribution is -2.43. The van der Waals surface area contributed by atoms with Gasteiger partial charge in [-0.15, -0.1) is 0 Å². The van der Waals surface area contributed by atoms with Crippen LogP contribution in [0.5, 0.6) is 0 Å². The van der Waals surface area contributed by atoms with Gasteiger partial charge in [0.15, 0.2) is 0 Å². The van der Waals surface area contributed by atoms with Gasteiger partial charge in [-0.2, -0.15) is 5.06 Å². The van der Waals surface area contributed by atoms with Gasteiger partial charge in [-0.25, -0.2) is 0 Å². The summed E-state index contributed by atoms with van der Waals surface area (Å²) < 4.78 is 0. The number of rotatable bonds is 10. The molecule has 0 saturated carbocycles. The zero-order valence-electron chi connectivity index (χ0n) is 16.8. The number of nitrogens with zero attached hydrogens (tertiary/aromatic N) is 1. The SMILES string of the molecule is CCCCCCCCON(C(=S)NC(=O)c1ccc(C)cc1)c1ccccc1. The maximum Gasteiger partial charge on any atom is 0.257 e. The number of aryl methyl sites for hydroxylation is 1. The second-order valence-corrected chi connectivity index (χ2v) is 7.24. The van der Waals surface area contributed by atoms with Crippen LogP contribution >= 0.6 is 12.2 Å². The highest BCUT2D eigenvalue weighted by Gasteiger charge is 2.16. The van der Waals surface area contributed by atoms with E-state index in [0.717, 1.165) is 24.1 Å². The minimum atomic E-state index is -0.242. The molecular weight excluding hydrogens is 368 g/mol. The van der Waals surface area contributed by atoms with E-state index in [0.29, 0.717) is 12.2 Å². The van der Waals surface area contributed by atoms with E-state index in [2.05, 4.69) is 12.2 Å². The van der Waals surface area contributed by atoms with Crippen LogP contribution in [-0.2, 0) is 4.84 Å². The maximum absolute atomic E-state index is 12.5. The number of hydroxylamine groups is 1. The zero-order chi connectivity index (χ0) is 20.2. The summed E-state index contributed by atoms with van der Waals surface area (Å²) in [6, 6.07) is 17.0. The fraction of sp³-hybridized carbons (Fsp3) is 0.391. The molecule has 0 aliphatic rings. The molecule has 1 amide bonds. The summed E-state index contributed by atoms with van der Waals surface area (Å²) in [5.41, 5.74) is 2.46. The van der Waals surface area contributed by atoms with Crippen molar-refractivity contribution in [2.45, 2.75) is 52.4 Å². The van der Waals surface area contributed by atoms with Crippen molar-refractivity contribution in [3.05, 3.63) is 65.7 Å². The van der Waals surface area contributed by atoms with Crippen LogP contribution in [0.25, 0.3) is 0 Å². The van der Waals surface area contributed by atoms with Crippen LogP contribution in [0.15, 0.2) is 54.6 Å². The van der Waals surface area contributed by atoms with Crippen LogP contribution in [0, 0.1) is 6.92 Å². The van der Waals surface area contributed by atoms with Crippen molar-refractivity contribution < 1.29 is 9.63 Å². The molecule has 0 spiro atoms. The molecule has 4 nitrogen and oxygen atoms in total. The number of para-hydroxylation sites is 1. The third-order valence-corrected chi connectivity index (χ3v) is 4.70. The predicted octanol–water partition coefficient (Wildman–Crippen LogP) is 5.81. The van der Waals surface area contributed by atoms with E-state index in [1.54, 1.807) is 12.1 Å². The minimum Gasteiger partial charge on any atom is -0.297 e. The highest BCUT2D eigenvalue weighted by Crippen LogP contribution is 2.15. The molecule has 2 aromatic carbocycles.